The Bertz CT molecular complexity index is 569. The van der Waals surface area contributed by atoms with Crippen LogP contribution in [-0.4, -0.2) is 16.0 Å². The molecule has 0 spiro atoms. The van der Waals surface area contributed by atoms with Crippen LogP contribution in [0.1, 0.15) is 11.5 Å². The Morgan fingerprint density at radius 3 is 2.76 bits per heavy atom. The van der Waals surface area contributed by atoms with Crippen molar-refractivity contribution in [3.63, 3.8) is 0 Å². The van der Waals surface area contributed by atoms with Crippen molar-refractivity contribution in [2.75, 3.05) is 0 Å². The molecule has 0 fully saturated rings. The molecule has 0 aliphatic rings. The molecule has 2 rings (SSSR count). The summed E-state index contributed by atoms with van der Waals surface area (Å²) >= 11 is 4.73. The van der Waals surface area contributed by atoms with E-state index in [2.05, 4.69) is 26.1 Å². The average molecular weight is 313 g/mol. The molecule has 1 aromatic heterocycles. The highest BCUT2D eigenvalue weighted by Gasteiger charge is 2.08. The molecule has 5 nitrogen and oxygen atoms in total. The van der Waals surface area contributed by atoms with Gasteiger partial charge in [0.25, 0.3) is 5.22 Å². The minimum Gasteiger partial charge on any atom is -0.416 e. The Hall–Kier alpha value is -1.34. The molecule has 17 heavy (non-hydrogen) atoms. The maximum absolute atomic E-state index is 7.37. The van der Waals surface area contributed by atoms with Crippen LogP contribution in [0.2, 0.25) is 0 Å². The van der Waals surface area contributed by atoms with Crippen molar-refractivity contribution in [1.82, 2.24) is 10.2 Å². The number of aryl methyl sites for hydroxylation is 1. The molecule has 0 amide bonds. The topological polar surface area (TPSA) is 88.8 Å². The molecule has 0 aliphatic carbocycles. The van der Waals surface area contributed by atoms with Gasteiger partial charge in [0.15, 0.2) is 0 Å². The molecule has 3 N–H and O–H groups in total. The summed E-state index contributed by atoms with van der Waals surface area (Å²) in [6.07, 6.45) is 0. The lowest BCUT2D eigenvalue weighted by molar-refractivity contribution is 0.429. The third-order valence-electron chi connectivity index (χ3n) is 1.94. The number of nitrogens with one attached hydrogen (secondary N) is 1. The summed E-state index contributed by atoms with van der Waals surface area (Å²) in [5, 5.41) is 15.5. The van der Waals surface area contributed by atoms with Gasteiger partial charge < -0.3 is 10.2 Å². The fraction of sp³-hybridized carbons (Fsp3) is 0.100. The summed E-state index contributed by atoms with van der Waals surface area (Å²) in [5.74, 6) is 0.564. The van der Waals surface area contributed by atoms with Crippen LogP contribution < -0.4 is 5.73 Å². The number of rotatable bonds is 3. The van der Waals surface area contributed by atoms with Crippen LogP contribution in [-0.2, 0) is 0 Å². The monoisotopic (exact) mass is 312 g/mol. The number of nitrogen functional groups attached to an aromatic ring is 1. The number of aromatic nitrogens is 2. The first-order valence-electron chi connectivity index (χ1n) is 4.68. The van der Waals surface area contributed by atoms with E-state index in [0.29, 0.717) is 16.7 Å². The second-order valence-corrected chi connectivity index (χ2v) is 5.12. The summed E-state index contributed by atoms with van der Waals surface area (Å²) in [6, 6.07) is 5.49. The number of halogens is 1. The normalized spacial score (nSPS) is 10.5. The zero-order chi connectivity index (χ0) is 12.4. The highest BCUT2D eigenvalue weighted by Crippen LogP contribution is 2.29. The maximum Gasteiger partial charge on any atom is 0.281 e. The highest BCUT2D eigenvalue weighted by atomic mass is 79.9. The predicted octanol–water partition coefficient (Wildman–Crippen LogP) is 2.58. The Kier molecular flexibility index (Phi) is 3.49. The molecule has 0 bridgehead atoms. The van der Waals surface area contributed by atoms with Crippen LogP contribution >= 0.6 is 27.7 Å². The SMILES string of the molecule is Cc1nnc(Sc2ccc(C(=N)N)c(Br)c2)o1. The van der Waals surface area contributed by atoms with Crippen LogP contribution in [0.5, 0.6) is 0 Å². The molecule has 2 aromatic rings. The Morgan fingerprint density at radius 2 is 2.24 bits per heavy atom. The quantitative estimate of drug-likeness (QED) is 0.671. The molecule has 0 aliphatic heterocycles. The highest BCUT2D eigenvalue weighted by molar-refractivity contribution is 9.10. The van der Waals surface area contributed by atoms with Gasteiger partial charge in [0.2, 0.25) is 5.89 Å². The third kappa shape index (κ3) is 2.86. The molecule has 0 unspecified atom stereocenters. The van der Waals surface area contributed by atoms with Crippen LogP contribution in [0.3, 0.4) is 0 Å². The van der Waals surface area contributed by atoms with Gasteiger partial charge in [-0.15, -0.1) is 10.2 Å². The second-order valence-electron chi connectivity index (χ2n) is 3.24. The standard InChI is InChI=1S/C10H9BrN4OS/c1-5-14-15-10(16-5)17-6-2-3-7(9(12)13)8(11)4-6/h2-4H,1H3,(H3,12,13). The number of hydrogen-bond donors (Lipinski definition) is 2. The number of benzene rings is 1. The first-order valence-corrected chi connectivity index (χ1v) is 6.29. The van der Waals surface area contributed by atoms with E-state index < -0.39 is 0 Å². The lowest BCUT2D eigenvalue weighted by Gasteiger charge is -2.03. The molecule has 1 aromatic carbocycles. The van der Waals surface area contributed by atoms with Gasteiger partial charge in [-0.3, -0.25) is 5.41 Å². The Labute approximate surface area is 110 Å². The molecule has 0 saturated heterocycles. The van der Waals surface area contributed by atoms with E-state index >= 15 is 0 Å². The minimum absolute atomic E-state index is 0.0297. The van der Waals surface area contributed by atoms with Crippen molar-refractivity contribution in [1.29, 1.82) is 5.41 Å². The van der Waals surface area contributed by atoms with Crippen molar-refractivity contribution in [2.24, 2.45) is 5.73 Å². The molecular formula is C10H9BrN4OS. The largest absolute Gasteiger partial charge is 0.416 e. The van der Waals surface area contributed by atoms with Crippen LogP contribution in [0.4, 0.5) is 0 Å². The van der Waals surface area contributed by atoms with Crippen molar-refractivity contribution in [2.45, 2.75) is 17.0 Å². The van der Waals surface area contributed by atoms with Gasteiger partial charge in [-0.25, -0.2) is 0 Å². The first-order chi connectivity index (χ1) is 8.06. The van der Waals surface area contributed by atoms with Crippen molar-refractivity contribution >= 4 is 33.5 Å². The van der Waals surface area contributed by atoms with E-state index in [0.717, 1.165) is 9.37 Å². The molecule has 0 atom stereocenters. The number of nitrogens with zero attached hydrogens (tertiary/aromatic N) is 2. The van der Waals surface area contributed by atoms with Gasteiger partial charge in [0.05, 0.1) is 0 Å². The van der Waals surface area contributed by atoms with E-state index in [1.165, 1.54) is 11.8 Å². The van der Waals surface area contributed by atoms with Crippen LogP contribution in [0.25, 0.3) is 0 Å². The van der Waals surface area contributed by atoms with E-state index in [1.807, 2.05) is 12.1 Å². The number of amidine groups is 1. The molecule has 7 heteroatoms. The summed E-state index contributed by atoms with van der Waals surface area (Å²) in [4.78, 5) is 0.936. The number of nitrogens with two attached hydrogens (primary N) is 1. The summed E-state index contributed by atoms with van der Waals surface area (Å²) in [7, 11) is 0. The minimum atomic E-state index is 0.0297. The molecular weight excluding hydrogens is 304 g/mol. The number of hydrogen-bond acceptors (Lipinski definition) is 5. The zero-order valence-corrected chi connectivity index (χ0v) is 11.3. The van der Waals surface area contributed by atoms with Gasteiger partial charge in [-0.05, 0) is 45.9 Å². The maximum atomic E-state index is 7.37. The molecule has 0 saturated carbocycles. The summed E-state index contributed by atoms with van der Waals surface area (Å²) < 4.78 is 6.03. The lowest BCUT2D eigenvalue weighted by Crippen LogP contribution is -2.11. The van der Waals surface area contributed by atoms with Crippen molar-refractivity contribution < 1.29 is 4.42 Å². The molecule has 88 valence electrons. The van der Waals surface area contributed by atoms with Gasteiger partial charge in [-0.2, -0.15) is 0 Å². The smallest absolute Gasteiger partial charge is 0.281 e. The van der Waals surface area contributed by atoms with Gasteiger partial charge in [0.1, 0.15) is 5.84 Å². The Morgan fingerprint density at radius 1 is 1.47 bits per heavy atom. The average Bonchev–Trinajstić information content (AvgIpc) is 2.63. The third-order valence-corrected chi connectivity index (χ3v) is 3.43. The van der Waals surface area contributed by atoms with Gasteiger partial charge in [-0.1, -0.05) is 0 Å². The van der Waals surface area contributed by atoms with E-state index in [4.69, 9.17) is 15.6 Å². The lowest BCUT2D eigenvalue weighted by atomic mass is 10.2. The van der Waals surface area contributed by atoms with Gasteiger partial charge >= 0.3 is 0 Å². The van der Waals surface area contributed by atoms with Crippen molar-refractivity contribution in [3.05, 3.63) is 34.1 Å². The van der Waals surface area contributed by atoms with Gasteiger partial charge in [0, 0.05) is 21.9 Å². The zero-order valence-electron chi connectivity index (χ0n) is 8.90. The predicted molar refractivity (Wildman–Crippen MR) is 68.3 cm³/mol. The van der Waals surface area contributed by atoms with Crippen LogP contribution in [0.15, 0.2) is 37.2 Å². The van der Waals surface area contributed by atoms with E-state index in [9.17, 15) is 0 Å². The first kappa shape index (κ1) is 12.1. The fourth-order valence-electron chi connectivity index (χ4n) is 1.20. The summed E-state index contributed by atoms with van der Waals surface area (Å²) in [5.41, 5.74) is 6.09. The summed E-state index contributed by atoms with van der Waals surface area (Å²) in [6.45, 7) is 1.74. The van der Waals surface area contributed by atoms with Crippen LogP contribution in [0, 0.1) is 12.3 Å². The van der Waals surface area contributed by atoms with E-state index in [1.54, 1.807) is 13.0 Å². The fourth-order valence-corrected chi connectivity index (χ4v) is 2.70. The molecule has 1 heterocycles. The second kappa shape index (κ2) is 4.89. The molecule has 0 radical (unpaired) electrons. The van der Waals surface area contributed by atoms with E-state index in [-0.39, 0.29) is 5.84 Å². The van der Waals surface area contributed by atoms with Crippen molar-refractivity contribution in [3.8, 4) is 0 Å². The Balaban J connectivity index is 2.23.